The van der Waals surface area contributed by atoms with Gasteiger partial charge in [0.05, 0.1) is 12.4 Å². The average Bonchev–Trinajstić information content (AvgIpc) is 2.30. The van der Waals surface area contributed by atoms with Crippen LogP contribution in [-0.4, -0.2) is 40.2 Å². The van der Waals surface area contributed by atoms with E-state index in [1.54, 1.807) is 4.90 Å². The van der Waals surface area contributed by atoms with Gasteiger partial charge in [-0.25, -0.2) is 23.5 Å². The molecule has 0 spiro atoms. The monoisotopic (exact) mass is 259 g/mol. The number of ether oxygens (including phenoxy) is 1. The van der Waals surface area contributed by atoms with E-state index in [9.17, 15) is 13.6 Å². The van der Waals surface area contributed by atoms with Crippen molar-refractivity contribution in [3.05, 3.63) is 12.4 Å². The van der Waals surface area contributed by atoms with Gasteiger partial charge < -0.3 is 14.7 Å². The summed E-state index contributed by atoms with van der Waals surface area (Å²) in [5.74, 6) is -2.33. The van der Waals surface area contributed by atoms with Crippen LogP contribution < -0.4 is 9.64 Å². The smallest absolute Gasteiger partial charge is 0.449 e. The Labute approximate surface area is 101 Å². The molecule has 0 radical (unpaired) electrons. The number of piperidine rings is 1. The van der Waals surface area contributed by atoms with Gasteiger partial charge in [-0.3, -0.25) is 0 Å². The van der Waals surface area contributed by atoms with Crippen molar-refractivity contribution in [2.24, 2.45) is 0 Å². The first-order chi connectivity index (χ1) is 8.46. The number of carboxylic acid groups (broad SMARTS) is 1. The van der Waals surface area contributed by atoms with E-state index in [0.29, 0.717) is 5.95 Å². The average molecular weight is 259 g/mol. The molecule has 2 rings (SSSR count). The van der Waals surface area contributed by atoms with Gasteiger partial charge >= 0.3 is 6.16 Å². The van der Waals surface area contributed by atoms with Gasteiger partial charge in [0.2, 0.25) is 5.95 Å². The molecule has 1 saturated heterocycles. The van der Waals surface area contributed by atoms with E-state index in [4.69, 9.17) is 5.11 Å². The molecular formula is C10H11F2N3O3. The molecule has 0 saturated carbocycles. The van der Waals surface area contributed by atoms with E-state index in [1.807, 2.05) is 0 Å². The Bertz CT molecular complexity index is 428. The van der Waals surface area contributed by atoms with Crippen LogP contribution in [-0.2, 0) is 0 Å². The lowest BCUT2D eigenvalue weighted by Gasteiger charge is -2.31. The third kappa shape index (κ3) is 3.02. The number of halogens is 2. The van der Waals surface area contributed by atoms with Crippen LogP contribution in [0.4, 0.5) is 19.5 Å². The van der Waals surface area contributed by atoms with Crippen molar-refractivity contribution in [1.82, 2.24) is 9.97 Å². The quantitative estimate of drug-likeness (QED) is 0.816. The number of anilines is 1. The number of alkyl halides is 2. The van der Waals surface area contributed by atoms with Crippen LogP contribution in [0.2, 0.25) is 0 Å². The second kappa shape index (κ2) is 4.71. The second-order valence-electron chi connectivity index (χ2n) is 3.93. The lowest BCUT2D eigenvalue weighted by atomic mass is 10.1. The van der Waals surface area contributed by atoms with Crippen LogP contribution in [0.1, 0.15) is 12.8 Å². The Morgan fingerprint density at radius 2 is 1.89 bits per heavy atom. The minimum Gasteiger partial charge on any atom is -0.449 e. The minimum absolute atomic E-state index is 0.00594. The van der Waals surface area contributed by atoms with Crippen LogP contribution in [0.25, 0.3) is 0 Å². The molecule has 18 heavy (non-hydrogen) atoms. The first-order valence-electron chi connectivity index (χ1n) is 5.32. The number of nitrogens with zero attached hydrogens (tertiary/aromatic N) is 3. The van der Waals surface area contributed by atoms with Gasteiger partial charge in [0.25, 0.3) is 5.92 Å². The predicted molar refractivity (Wildman–Crippen MR) is 57.1 cm³/mol. The summed E-state index contributed by atoms with van der Waals surface area (Å²) in [6.45, 7) is 0.346. The van der Waals surface area contributed by atoms with E-state index in [-0.39, 0.29) is 31.7 Å². The highest BCUT2D eigenvalue weighted by Gasteiger charge is 2.34. The Morgan fingerprint density at radius 1 is 1.33 bits per heavy atom. The van der Waals surface area contributed by atoms with Gasteiger partial charge in [-0.15, -0.1) is 0 Å². The van der Waals surface area contributed by atoms with Crippen molar-refractivity contribution in [2.75, 3.05) is 18.0 Å². The molecule has 0 atom stereocenters. The van der Waals surface area contributed by atoms with Crippen molar-refractivity contribution in [3.63, 3.8) is 0 Å². The second-order valence-corrected chi connectivity index (χ2v) is 3.93. The zero-order chi connectivity index (χ0) is 13.2. The first-order valence-corrected chi connectivity index (χ1v) is 5.32. The summed E-state index contributed by atoms with van der Waals surface area (Å²) in [5, 5.41) is 8.37. The molecule has 98 valence electrons. The van der Waals surface area contributed by atoms with Crippen molar-refractivity contribution in [2.45, 2.75) is 18.8 Å². The molecule has 1 aliphatic rings. The minimum atomic E-state index is -2.62. The number of carbonyl (C=O) groups is 1. The third-order valence-corrected chi connectivity index (χ3v) is 2.60. The number of hydrogen-bond donors (Lipinski definition) is 1. The van der Waals surface area contributed by atoms with E-state index < -0.39 is 12.1 Å². The Balaban J connectivity index is 2.00. The van der Waals surface area contributed by atoms with Crippen LogP contribution in [0.15, 0.2) is 12.4 Å². The van der Waals surface area contributed by atoms with E-state index in [2.05, 4.69) is 14.7 Å². The summed E-state index contributed by atoms with van der Waals surface area (Å²) >= 11 is 0. The van der Waals surface area contributed by atoms with Crippen LogP contribution in [0.5, 0.6) is 5.75 Å². The molecule has 1 aromatic heterocycles. The fourth-order valence-corrected chi connectivity index (χ4v) is 1.66. The molecule has 0 bridgehead atoms. The molecule has 0 aliphatic carbocycles. The highest BCUT2D eigenvalue weighted by Crippen LogP contribution is 2.29. The summed E-state index contributed by atoms with van der Waals surface area (Å²) in [6, 6.07) is 0. The van der Waals surface area contributed by atoms with Gasteiger partial charge in [0.1, 0.15) is 0 Å². The predicted octanol–water partition coefficient (Wildman–Crippen LogP) is 1.77. The highest BCUT2D eigenvalue weighted by molar-refractivity contribution is 5.60. The van der Waals surface area contributed by atoms with Crippen molar-refractivity contribution in [3.8, 4) is 5.75 Å². The Morgan fingerprint density at radius 3 is 2.39 bits per heavy atom. The summed E-state index contributed by atoms with van der Waals surface area (Å²) in [6.07, 6.45) is 0.476. The van der Waals surface area contributed by atoms with Gasteiger partial charge in [-0.05, 0) is 0 Å². The lowest BCUT2D eigenvalue weighted by molar-refractivity contribution is -0.0222. The largest absolute Gasteiger partial charge is 0.511 e. The molecular weight excluding hydrogens is 248 g/mol. The molecule has 2 heterocycles. The molecule has 1 aliphatic heterocycles. The zero-order valence-corrected chi connectivity index (χ0v) is 9.34. The van der Waals surface area contributed by atoms with Crippen LogP contribution >= 0.6 is 0 Å². The van der Waals surface area contributed by atoms with Crippen LogP contribution in [0.3, 0.4) is 0 Å². The highest BCUT2D eigenvalue weighted by atomic mass is 19.3. The Kier molecular flexibility index (Phi) is 3.26. The lowest BCUT2D eigenvalue weighted by Crippen LogP contribution is -2.40. The zero-order valence-electron chi connectivity index (χ0n) is 9.34. The first kappa shape index (κ1) is 12.5. The van der Waals surface area contributed by atoms with E-state index in [0.717, 1.165) is 0 Å². The summed E-state index contributed by atoms with van der Waals surface area (Å²) < 4.78 is 30.2. The topological polar surface area (TPSA) is 75.6 Å². The molecule has 0 amide bonds. The third-order valence-electron chi connectivity index (χ3n) is 2.60. The van der Waals surface area contributed by atoms with E-state index >= 15 is 0 Å². The van der Waals surface area contributed by atoms with Gasteiger partial charge in [-0.2, -0.15) is 0 Å². The number of hydrogen-bond acceptors (Lipinski definition) is 5. The van der Waals surface area contributed by atoms with E-state index in [1.165, 1.54) is 12.4 Å². The van der Waals surface area contributed by atoms with Gasteiger partial charge in [0, 0.05) is 25.9 Å². The summed E-state index contributed by atoms with van der Waals surface area (Å²) in [7, 11) is 0. The summed E-state index contributed by atoms with van der Waals surface area (Å²) in [4.78, 5) is 19.7. The maximum Gasteiger partial charge on any atom is 0.511 e. The van der Waals surface area contributed by atoms with Crippen molar-refractivity contribution >= 4 is 12.1 Å². The molecule has 1 N–H and O–H groups in total. The molecule has 0 unspecified atom stereocenters. The van der Waals surface area contributed by atoms with Crippen molar-refractivity contribution in [1.29, 1.82) is 0 Å². The number of rotatable bonds is 2. The summed E-state index contributed by atoms with van der Waals surface area (Å²) in [5.41, 5.74) is 0. The van der Waals surface area contributed by atoms with Crippen LogP contribution in [0, 0.1) is 0 Å². The molecule has 0 aromatic carbocycles. The normalized spacial score (nSPS) is 18.4. The maximum absolute atomic E-state index is 12.9. The van der Waals surface area contributed by atoms with Gasteiger partial charge in [0.15, 0.2) is 5.75 Å². The van der Waals surface area contributed by atoms with Gasteiger partial charge in [-0.1, -0.05) is 0 Å². The molecule has 1 aromatic rings. The maximum atomic E-state index is 12.9. The standard InChI is InChI=1S/C10H11F2N3O3/c11-10(12)1-3-15(4-2-10)8-13-5-7(6-14-8)18-9(16)17/h5-6H,1-4H2,(H,16,17). The number of aromatic nitrogens is 2. The fourth-order valence-electron chi connectivity index (χ4n) is 1.66. The molecule has 6 nitrogen and oxygen atoms in total. The molecule has 1 fully saturated rings. The van der Waals surface area contributed by atoms with Crippen molar-refractivity contribution < 1.29 is 23.4 Å². The Hall–Kier alpha value is -1.99. The molecule has 8 heteroatoms. The SMILES string of the molecule is O=C(O)Oc1cnc(N2CCC(F)(F)CC2)nc1. The fraction of sp³-hybridized carbons (Fsp3) is 0.500.